The first-order valence-corrected chi connectivity index (χ1v) is 11.2. The number of fused-ring (bicyclic) bond motifs is 1. The Balaban J connectivity index is 1.93. The molecule has 0 saturated heterocycles. The van der Waals surface area contributed by atoms with Gasteiger partial charge in [-0.25, -0.2) is 13.4 Å². The summed E-state index contributed by atoms with van der Waals surface area (Å²) in [5.41, 5.74) is 3.78. The molecule has 0 aliphatic heterocycles. The van der Waals surface area contributed by atoms with Crippen LogP contribution in [0.1, 0.15) is 18.1 Å². The zero-order chi connectivity index (χ0) is 21.1. The molecule has 0 aliphatic rings. The van der Waals surface area contributed by atoms with Crippen LogP contribution >= 0.6 is 0 Å². The number of nitrogens with zero attached hydrogens (tertiary/aromatic N) is 1. The molecule has 4 aromatic rings. The lowest BCUT2D eigenvalue weighted by atomic mass is 10.0. The van der Waals surface area contributed by atoms with Gasteiger partial charge in [-0.2, -0.15) is 0 Å². The Morgan fingerprint density at radius 1 is 1.00 bits per heavy atom. The molecule has 152 valence electrons. The van der Waals surface area contributed by atoms with E-state index in [-0.39, 0.29) is 11.6 Å². The van der Waals surface area contributed by atoms with E-state index in [1.54, 1.807) is 25.1 Å². The quantitative estimate of drug-likeness (QED) is 0.392. The van der Waals surface area contributed by atoms with Gasteiger partial charge in [-0.15, -0.1) is 0 Å². The van der Waals surface area contributed by atoms with Crippen molar-refractivity contribution in [3.8, 4) is 5.88 Å². The van der Waals surface area contributed by atoms with Crippen LogP contribution in [0.5, 0.6) is 5.88 Å². The Kier molecular flexibility index (Phi) is 5.29. The highest BCUT2D eigenvalue weighted by Crippen LogP contribution is 2.33. The number of para-hydroxylation sites is 1. The van der Waals surface area contributed by atoms with Crippen molar-refractivity contribution in [1.29, 1.82) is 0 Å². The molecule has 0 atom stereocenters. The summed E-state index contributed by atoms with van der Waals surface area (Å²) in [4.78, 5) is 7.77. The van der Waals surface area contributed by atoms with Gasteiger partial charge in [0.1, 0.15) is 0 Å². The minimum Gasteiger partial charge on any atom is -0.494 e. The van der Waals surface area contributed by atoms with Crippen molar-refractivity contribution in [2.75, 3.05) is 10.5 Å². The van der Waals surface area contributed by atoms with Gasteiger partial charge in [-0.05, 0) is 37.3 Å². The number of H-pyrrole nitrogens is 1. The molecule has 0 unspecified atom stereocenters. The largest absolute Gasteiger partial charge is 0.494 e. The summed E-state index contributed by atoms with van der Waals surface area (Å²) >= 11 is 0. The summed E-state index contributed by atoms with van der Waals surface area (Å²) in [6.07, 6.45) is 0. The molecule has 3 N–H and O–H groups in total. The number of nitrogens with one attached hydrogen (secondary N) is 2. The molecular weight excluding hydrogens is 398 g/mol. The average Bonchev–Trinajstić information content (AvgIpc) is 3.08. The number of hydrogen-bond donors (Lipinski definition) is 3. The number of hydrogen-bond acceptors (Lipinski definition) is 4. The zero-order valence-electron chi connectivity index (χ0n) is 16.3. The molecule has 0 spiro atoms. The lowest BCUT2D eigenvalue weighted by Gasteiger charge is -2.09. The zero-order valence-corrected chi connectivity index (χ0v) is 17.1. The molecule has 0 saturated carbocycles. The maximum absolute atomic E-state index is 12.0. The summed E-state index contributed by atoms with van der Waals surface area (Å²) in [6.45, 7) is 1.58. The fourth-order valence-corrected chi connectivity index (χ4v) is 3.86. The van der Waals surface area contributed by atoms with Gasteiger partial charge >= 0.3 is 0 Å². The monoisotopic (exact) mass is 419 g/mol. The van der Waals surface area contributed by atoms with E-state index in [9.17, 15) is 13.5 Å². The van der Waals surface area contributed by atoms with Gasteiger partial charge in [0.25, 0.3) is 0 Å². The highest BCUT2D eigenvalue weighted by atomic mass is 32.2. The summed E-state index contributed by atoms with van der Waals surface area (Å²) in [5, 5.41) is 11.4. The maximum atomic E-state index is 12.0. The maximum Gasteiger partial charge on any atom is 0.232 e. The number of aromatic nitrogens is 1. The number of sulfonamides is 1. The number of aliphatic imine (C=N–C) groups is 1. The van der Waals surface area contributed by atoms with Crippen LogP contribution in [0, 0.1) is 0 Å². The van der Waals surface area contributed by atoms with E-state index in [2.05, 4.69) is 9.71 Å². The van der Waals surface area contributed by atoms with E-state index in [0.717, 1.165) is 11.3 Å². The molecule has 0 bridgehead atoms. The van der Waals surface area contributed by atoms with Crippen LogP contribution in [-0.2, 0) is 10.0 Å². The molecule has 1 aromatic heterocycles. The predicted octanol–water partition coefficient (Wildman–Crippen LogP) is 4.80. The number of benzene rings is 3. The third-order valence-electron chi connectivity index (χ3n) is 4.71. The van der Waals surface area contributed by atoms with Crippen LogP contribution in [0.4, 0.5) is 11.4 Å². The molecule has 4 rings (SSSR count). The Morgan fingerprint density at radius 2 is 1.67 bits per heavy atom. The molecule has 7 heteroatoms. The molecular formula is C23H21N3O3S. The van der Waals surface area contributed by atoms with Crippen LogP contribution in [-0.4, -0.2) is 30.0 Å². The molecule has 30 heavy (non-hydrogen) atoms. The van der Waals surface area contributed by atoms with Crippen molar-refractivity contribution in [2.24, 2.45) is 4.99 Å². The SMILES string of the molecule is CCS(=O)(=O)Nc1ccc2[nH]c(O)c(C(=Nc3ccccc3)c3ccccc3)c2c1. The van der Waals surface area contributed by atoms with Gasteiger partial charge in [0.05, 0.1) is 22.7 Å². The molecule has 0 amide bonds. The minimum atomic E-state index is -3.42. The number of rotatable bonds is 6. The number of anilines is 1. The second kappa shape index (κ2) is 8.04. The van der Waals surface area contributed by atoms with E-state index >= 15 is 0 Å². The van der Waals surface area contributed by atoms with Crippen molar-refractivity contribution in [3.05, 3.63) is 90.0 Å². The third-order valence-corrected chi connectivity index (χ3v) is 6.02. The highest BCUT2D eigenvalue weighted by molar-refractivity contribution is 7.92. The van der Waals surface area contributed by atoms with Crippen LogP contribution in [0.2, 0.25) is 0 Å². The van der Waals surface area contributed by atoms with E-state index in [0.29, 0.717) is 27.9 Å². The molecule has 0 radical (unpaired) electrons. The summed E-state index contributed by atoms with van der Waals surface area (Å²) in [7, 11) is -3.42. The topological polar surface area (TPSA) is 94.5 Å². The predicted molar refractivity (Wildman–Crippen MR) is 121 cm³/mol. The molecule has 0 fully saturated rings. The van der Waals surface area contributed by atoms with Gasteiger partial charge in [0.15, 0.2) is 5.88 Å². The fourth-order valence-electron chi connectivity index (χ4n) is 3.23. The Hall–Kier alpha value is -3.58. The van der Waals surface area contributed by atoms with Crippen LogP contribution < -0.4 is 4.72 Å². The Bertz CT molecular complexity index is 1310. The highest BCUT2D eigenvalue weighted by Gasteiger charge is 2.19. The average molecular weight is 420 g/mol. The first-order valence-electron chi connectivity index (χ1n) is 9.51. The van der Waals surface area contributed by atoms with Crippen LogP contribution in [0.15, 0.2) is 83.9 Å². The second-order valence-electron chi connectivity index (χ2n) is 6.78. The molecule has 3 aromatic carbocycles. The smallest absolute Gasteiger partial charge is 0.232 e. The van der Waals surface area contributed by atoms with E-state index in [4.69, 9.17) is 4.99 Å². The second-order valence-corrected chi connectivity index (χ2v) is 8.79. The van der Waals surface area contributed by atoms with E-state index in [1.165, 1.54) is 0 Å². The van der Waals surface area contributed by atoms with Crippen molar-refractivity contribution in [1.82, 2.24) is 4.98 Å². The third kappa shape index (κ3) is 4.06. The summed E-state index contributed by atoms with van der Waals surface area (Å²) < 4.78 is 26.6. The first kappa shape index (κ1) is 19.7. The van der Waals surface area contributed by atoms with Gasteiger partial charge in [-0.3, -0.25) is 4.72 Å². The number of aromatic amines is 1. The molecule has 1 heterocycles. The summed E-state index contributed by atoms with van der Waals surface area (Å²) in [6, 6.07) is 24.1. The fraction of sp³-hybridized carbons (Fsp3) is 0.0870. The van der Waals surface area contributed by atoms with Crippen LogP contribution in [0.3, 0.4) is 0 Å². The molecule has 6 nitrogen and oxygen atoms in total. The Morgan fingerprint density at radius 3 is 2.33 bits per heavy atom. The molecule has 0 aliphatic carbocycles. The van der Waals surface area contributed by atoms with Gasteiger partial charge in [0, 0.05) is 22.2 Å². The van der Waals surface area contributed by atoms with Gasteiger partial charge < -0.3 is 10.1 Å². The van der Waals surface area contributed by atoms with E-state index < -0.39 is 10.0 Å². The first-order chi connectivity index (χ1) is 14.5. The van der Waals surface area contributed by atoms with Gasteiger partial charge in [0.2, 0.25) is 10.0 Å². The standard InChI is InChI=1S/C23H21N3O3S/c1-2-30(28,29)26-18-13-14-20-19(15-18)21(23(27)25-20)22(16-9-5-3-6-10-16)24-17-11-7-4-8-12-17/h3-15,25-27H,2H2,1H3. The Labute approximate surface area is 175 Å². The van der Waals surface area contributed by atoms with Crippen molar-refractivity contribution < 1.29 is 13.5 Å². The summed E-state index contributed by atoms with van der Waals surface area (Å²) in [5.74, 6) is -0.0554. The van der Waals surface area contributed by atoms with Crippen molar-refractivity contribution in [3.63, 3.8) is 0 Å². The van der Waals surface area contributed by atoms with E-state index in [1.807, 2.05) is 60.7 Å². The normalized spacial score (nSPS) is 12.2. The van der Waals surface area contributed by atoms with Gasteiger partial charge in [-0.1, -0.05) is 48.5 Å². The number of aromatic hydroxyl groups is 1. The minimum absolute atomic E-state index is 0.0268. The lowest BCUT2D eigenvalue weighted by Crippen LogP contribution is -2.14. The van der Waals surface area contributed by atoms with Crippen molar-refractivity contribution >= 4 is 38.0 Å². The van der Waals surface area contributed by atoms with Crippen molar-refractivity contribution in [2.45, 2.75) is 6.92 Å². The lowest BCUT2D eigenvalue weighted by molar-refractivity contribution is 0.457. The van der Waals surface area contributed by atoms with Crippen LogP contribution in [0.25, 0.3) is 10.9 Å².